The lowest BCUT2D eigenvalue weighted by Gasteiger charge is -2.15. The Morgan fingerprint density at radius 1 is 1.15 bits per heavy atom. The van der Waals surface area contributed by atoms with Crippen molar-refractivity contribution >= 4 is 27.3 Å². The van der Waals surface area contributed by atoms with Gasteiger partial charge in [-0.15, -0.1) is 11.3 Å². The van der Waals surface area contributed by atoms with Crippen molar-refractivity contribution in [3.05, 3.63) is 55.2 Å². The van der Waals surface area contributed by atoms with Crippen molar-refractivity contribution in [3.8, 4) is 0 Å². The van der Waals surface area contributed by atoms with Crippen LogP contribution in [0.1, 0.15) is 32.5 Å². The van der Waals surface area contributed by atoms with Gasteiger partial charge in [-0.1, -0.05) is 15.9 Å². The number of hydrogen-bond acceptors (Lipinski definition) is 2. The molecule has 6 heteroatoms. The molecule has 1 atom stereocenters. The van der Waals surface area contributed by atoms with Gasteiger partial charge in [0, 0.05) is 14.2 Å². The molecule has 1 heterocycles. The standard InChI is InChI=1S/C14H12BrF3OS/c1-7-5-10(8(2)20-7)13(19)11-6-9(14(16,17)18)3-4-12(11)15/h3-6,13,19H,1-2H3. The highest BCUT2D eigenvalue weighted by molar-refractivity contribution is 9.10. The third-order valence-corrected chi connectivity index (χ3v) is 4.70. The summed E-state index contributed by atoms with van der Waals surface area (Å²) in [5.41, 5.74) is 0.104. The average molecular weight is 365 g/mol. The second kappa shape index (κ2) is 5.50. The Kier molecular flexibility index (Phi) is 4.27. The lowest BCUT2D eigenvalue weighted by atomic mass is 10.00. The smallest absolute Gasteiger partial charge is 0.384 e. The van der Waals surface area contributed by atoms with Crippen LogP contribution in [-0.2, 0) is 6.18 Å². The van der Waals surface area contributed by atoms with Crippen molar-refractivity contribution in [1.29, 1.82) is 0 Å². The molecule has 0 spiro atoms. The number of aliphatic hydroxyl groups excluding tert-OH is 1. The van der Waals surface area contributed by atoms with Gasteiger partial charge < -0.3 is 5.11 Å². The quantitative estimate of drug-likeness (QED) is 0.773. The van der Waals surface area contributed by atoms with Gasteiger partial charge in [0.25, 0.3) is 0 Å². The second-order valence-corrected chi connectivity index (χ2v) is 6.82. The van der Waals surface area contributed by atoms with E-state index in [-0.39, 0.29) is 5.56 Å². The normalized spacial score (nSPS) is 13.6. The highest BCUT2D eigenvalue weighted by atomic mass is 79.9. The highest BCUT2D eigenvalue weighted by Crippen LogP contribution is 2.37. The van der Waals surface area contributed by atoms with Crippen LogP contribution in [0, 0.1) is 13.8 Å². The van der Waals surface area contributed by atoms with Crippen molar-refractivity contribution in [2.75, 3.05) is 0 Å². The van der Waals surface area contributed by atoms with Crippen LogP contribution in [0.5, 0.6) is 0 Å². The monoisotopic (exact) mass is 364 g/mol. The van der Waals surface area contributed by atoms with Gasteiger partial charge in [0.05, 0.1) is 5.56 Å². The molecule has 1 N–H and O–H groups in total. The summed E-state index contributed by atoms with van der Waals surface area (Å²) in [5, 5.41) is 10.4. The van der Waals surface area contributed by atoms with E-state index in [0.29, 0.717) is 10.0 Å². The van der Waals surface area contributed by atoms with E-state index in [1.807, 2.05) is 13.8 Å². The summed E-state index contributed by atoms with van der Waals surface area (Å²) in [5.74, 6) is 0. The molecule has 1 aromatic carbocycles. The number of benzene rings is 1. The first-order valence-corrected chi connectivity index (χ1v) is 7.42. The Balaban J connectivity index is 2.49. The molecule has 0 aliphatic carbocycles. The van der Waals surface area contributed by atoms with E-state index in [0.717, 1.165) is 21.9 Å². The number of alkyl halides is 3. The molecule has 108 valence electrons. The van der Waals surface area contributed by atoms with Gasteiger partial charge in [-0.2, -0.15) is 13.2 Å². The number of halogens is 4. The highest BCUT2D eigenvalue weighted by Gasteiger charge is 2.32. The third-order valence-electron chi connectivity index (χ3n) is 2.99. The topological polar surface area (TPSA) is 20.2 Å². The minimum Gasteiger partial charge on any atom is -0.384 e. The van der Waals surface area contributed by atoms with Gasteiger partial charge in [0.15, 0.2) is 0 Å². The molecule has 0 aliphatic heterocycles. The summed E-state index contributed by atoms with van der Waals surface area (Å²) >= 11 is 4.71. The predicted molar refractivity (Wildman–Crippen MR) is 77.0 cm³/mol. The minimum atomic E-state index is -4.42. The second-order valence-electron chi connectivity index (χ2n) is 4.51. The summed E-state index contributed by atoms with van der Waals surface area (Å²) in [4.78, 5) is 1.92. The molecule has 2 aromatic rings. The van der Waals surface area contributed by atoms with Gasteiger partial charge in [0.2, 0.25) is 0 Å². The Labute approximate surface area is 127 Å². The van der Waals surface area contributed by atoms with Crippen LogP contribution >= 0.6 is 27.3 Å². The molecule has 2 rings (SSSR count). The molecular formula is C14H12BrF3OS. The Morgan fingerprint density at radius 2 is 1.80 bits per heavy atom. The Hall–Kier alpha value is -0.850. The lowest BCUT2D eigenvalue weighted by molar-refractivity contribution is -0.137. The van der Waals surface area contributed by atoms with E-state index in [9.17, 15) is 18.3 Å². The number of aliphatic hydroxyl groups is 1. The first kappa shape index (κ1) is 15.5. The largest absolute Gasteiger partial charge is 0.416 e. The van der Waals surface area contributed by atoms with Crippen LogP contribution in [0.25, 0.3) is 0 Å². The molecule has 20 heavy (non-hydrogen) atoms. The molecule has 0 amide bonds. The first-order valence-electron chi connectivity index (χ1n) is 5.82. The summed E-state index contributed by atoms with van der Waals surface area (Å²) < 4.78 is 38.7. The molecule has 0 saturated heterocycles. The van der Waals surface area contributed by atoms with Crippen LogP contribution in [0.3, 0.4) is 0 Å². The van der Waals surface area contributed by atoms with Crippen molar-refractivity contribution in [2.45, 2.75) is 26.1 Å². The summed E-state index contributed by atoms with van der Waals surface area (Å²) in [6.07, 6.45) is -5.49. The molecule has 0 radical (unpaired) electrons. The van der Waals surface area contributed by atoms with Gasteiger partial charge in [0.1, 0.15) is 6.10 Å². The fourth-order valence-electron chi connectivity index (χ4n) is 2.02. The van der Waals surface area contributed by atoms with E-state index in [1.165, 1.54) is 17.4 Å². The fraction of sp³-hybridized carbons (Fsp3) is 0.286. The predicted octanol–water partition coefficient (Wildman–Crippen LogP) is 5.23. The molecule has 0 fully saturated rings. The van der Waals surface area contributed by atoms with E-state index in [2.05, 4.69) is 15.9 Å². The van der Waals surface area contributed by atoms with Crippen LogP contribution in [0.2, 0.25) is 0 Å². The Morgan fingerprint density at radius 3 is 2.30 bits per heavy atom. The number of thiophene rings is 1. The molecular weight excluding hydrogens is 353 g/mol. The van der Waals surface area contributed by atoms with Crippen molar-refractivity contribution in [3.63, 3.8) is 0 Å². The zero-order valence-electron chi connectivity index (χ0n) is 10.8. The van der Waals surface area contributed by atoms with Crippen molar-refractivity contribution < 1.29 is 18.3 Å². The van der Waals surface area contributed by atoms with Gasteiger partial charge in [-0.05, 0) is 49.2 Å². The molecule has 1 unspecified atom stereocenters. The minimum absolute atomic E-state index is 0.223. The maximum Gasteiger partial charge on any atom is 0.416 e. The van der Waals surface area contributed by atoms with Gasteiger partial charge in [-0.25, -0.2) is 0 Å². The van der Waals surface area contributed by atoms with Crippen LogP contribution in [0.15, 0.2) is 28.7 Å². The summed E-state index contributed by atoms with van der Waals surface area (Å²) in [6.45, 7) is 3.74. The lowest BCUT2D eigenvalue weighted by Crippen LogP contribution is -2.08. The van der Waals surface area contributed by atoms with Crippen molar-refractivity contribution in [2.24, 2.45) is 0 Å². The van der Waals surface area contributed by atoms with Gasteiger partial charge >= 0.3 is 6.18 Å². The van der Waals surface area contributed by atoms with Crippen molar-refractivity contribution in [1.82, 2.24) is 0 Å². The fourth-order valence-corrected chi connectivity index (χ4v) is 3.44. The molecule has 1 aromatic heterocycles. The van der Waals surface area contributed by atoms with E-state index < -0.39 is 17.8 Å². The zero-order chi connectivity index (χ0) is 15.1. The van der Waals surface area contributed by atoms with Crippen LogP contribution in [0.4, 0.5) is 13.2 Å². The third kappa shape index (κ3) is 3.07. The van der Waals surface area contributed by atoms with E-state index in [1.54, 1.807) is 6.07 Å². The van der Waals surface area contributed by atoms with E-state index in [4.69, 9.17) is 0 Å². The van der Waals surface area contributed by atoms with Gasteiger partial charge in [-0.3, -0.25) is 0 Å². The molecule has 0 bridgehead atoms. The molecule has 1 nitrogen and oxygen atoms in total. The number of rotatable bonds is 2. The SMILES string of the molecule is Cc1cc(C(O)c2cc(C(F)(F)F)ccc2Br)c(C)s1. The first-order chi connectivity index (χ1) is 9.20. The Bertz CT molecular complexity index is 634. The van der Waals surface area contributed by atoms with Crippen LogP contribution in [-0.4, -0.2) is 5.11 Å². The van der Waals surface area contributed by atoms with Crippen LogP contribution < -0.4 is 0 Å². The number of aryl methyl sites for hydroxylation is 2. The summed E-state index contributed by atoms with van der Waals surface area (Å²) in [6, 6.07) is 5.10. The number of hydrogen-bond donors (Lipinski definition) is 1. The van der Waals surface area contributed by atoms with E-state index >= 15 is 0 Å². The average Bonchev–Trinajstić information content (AvgIpc) is 2.66. The maximum absolute atomic E-state index is 12.8. The molecule has 0 aliphatic rings. The summed E-state index contributed by atoms with van der Waals surface area (Å²) in [7, 11) is 0. The molecule has 0 saturated carbocycles. The maximum atomic E-state index is 12.8. The zero-order valence-corrected chi connectivity index (χ0v) is 13.2.